The van der Waals surface area contributed by atoms with Gasteiger partial charge in [0.1, 0.15) is 0 Å². The van der Waals surface area contributed by atoms with Crippen LogP contribution >= 0.6 is 0 Å². The third-order valence-corrected chi connectivity index (χ3v) is 2.64. The van der Waals surface area contributed by atoms with E-state index in [2.05, 4.69) is 17.3 Å². The topological polar surface area (TPSA) is 15.3 Å². The Morgan fingerprint density at radius 2 is 2.08 bits per heavy atom. The third kappa shape index (κ3) is 5.27. The molecular weight excluding hydrogens is 160 g/mol. The van der Waals surface area contributed by atoms with Gasteiger partial charge < -0.3 is 10.2 Å². The largest absolute Gasteiger partial charge is 0.320 e. The average Bonchev–Trinajstić information content (AvgIpc) is 2.56. The molecule has 1 aliphatic heterocycles. The van der Waals surface area contributed by atoms with E-state index < -0.39 is 0 Å². The van der Waals surface area contributed by atoms with Gasteiger partial charge in [-0.2, -0.15) is 0 Å². The maximum absolute atomic E-state index is 3.19. The zero-order valence-electron chi connectivity index (χ0n) is 9.77. The van der Waals surface area contributed by atoms with Gasteiger partial charge in [-0.25, -0.2) is 0 Å². The van der Waals surface area contributed by atoms with E-state index >= 15 is 0 Å². The molecule has 1 aliphatic rings. The molecule has 0 aromatic carbocycles. The van der Waals surface area contributed by atoms with Crippen molar-refractivity contribution < 1.29 is 0 Å². The number of rotatable bonds is 4. The zero-order valence-corrected chi connectivity index (χ0v) is 9.77. The molecule has 1 heterocycles. The van der Waals surface area contributed by atoms with Crippen molar-refractivity contribution in [3.8, 4) is 0 Å². The monoisotopic (exact) mass is 186 g/mol. The van der Waals surface area contributed by atoms with Gasteiger partial charge in [0.05, 0.1) is 0 Å². The Morgan fingerprint density at radius 1 is 1.38 bits per heavy atom. The molecule has 1 saturated heterocycles. The number of likely N-dealkylation sites (tertiary alicyclic amines) is 1. The molecule has 1 rings (SSSR count). The summed E-state index contributed by atoms with van der Waals surface area (Å²) in [6.45, 7) is 6.48. The van der Waals surface area contributed by atoms with Crippen molar-refractivity contribution in [2.45, 2.75) is 45.6 Å². The maximum atomic E-state index is 3.19. The number of nitrogens with zero attached hydrogens (tertiary/aromatic N) is 1. The van der Waals surface area contributed by atoms with Crippen LogP contribution in [0.15, 0.2) is 0 Å². The molecule has 2 heteroatoms. The van der Waals surface area contributed by atoms with Crippen LogP contribution in [0, 0.1) is 0 Å². The lowest BCUT2D eigenvalue weighted by molar-refractivity contribution is 0.291. The summed E-state index contributed by atoms with van der Waals surface area (Å²) < 4.78 is 0. The van der Waals surface area contributed by atoms with Crippen LogP contribution < -0.4 is 5.32 Å². The van der Waals surface area contributed by atoms with Crippen molar-refractivity contribution in [2.24, 2.45) is 0 Å². The highest BCUT2D eigenvalue weighted by Gasteiger charge is 2.19. The predicted molar refractivity (Wildman–Crippen MR) is 60.2 cm³/mol. The molecule has 0 aromatic rings. The smallest absolute Gasteiger partial charge is 0.00931 e. The van der Waals surface area contributed by atoms with E-state index in [1.54, 1.807) is 0 Å². The van der Waals surface area contributed by atoms with Crippen LogP contribution in [-0.4, -0.2) is 38.1 Å². The van der Waals surface area contributed by atoms with Gasteiger partial charge in [-0.3, -0.25) is 0 Å². The van der Waals surface area contributed by atoms with E-state index in [1.807, 2.05) is 20.9 Å². The maximum Gasteiger partial charge on any atom is 0.00931 e. The van der Waals surface area contributed by atoms with E-state index in [0.717, 1.165) is 6.04 Å². The second-order valence-corrected chi connectivity index (χ2v) is 3.52. The Hall–Kier alpha value is -0.0800. The molecule has 1 fully saturated rings. The molecule has 13 heavy (non-hydrogen) atoms. The van der Waals surface area contributed by atoms with Crippen molar-refractivity contribution in [1.82, 2.24) is 10.2 Å². The van der Waals surface area contributed by atoms with Gasteiger partial charge in [-0.1, -0.05) is 13.8 Å². The lowest BCUT2D eigenvalue weighted by Gasteiger charge is -2.18. The molecule has 2 nitrogen and oxygen atoms in total. The first-order valence-electron chi connectivity index (χ1n) is 5.69. The first kappa shape index (κ1) is 12.9. The molecule has 0 spiro atoms. The second kappa shape index (κ2) is 8.52. The molecular formula is C11H26N2. The highest BCUT2D eigenvalue weighted by atomic mass is 15.1. The zero-order chi connectivity index (χ0) is 10.1. The SMILES string of the molecule is CC.CNCCCC1CCCN1C. The predicted octanol–water partition coefficient (Wildman–Crippen LogP) is 2.11. The average molecular weight is 186 g/mol. The second-order valence-electron chi connectivity index (χ2n) is 3.52. The molecule has 1 unspecified atom stereocenters. The molecule has 0 saturated carbocycles. The summed E-state index contributed by atoms with van der Waals surface area (Å²) in [5.74, 6) is 0. The first-order valence-corrected chi connectivity index (χ1v) is 5.69. The van der Waals surface area contributed by atoms with Crippen molar-refractivity contribution in [3.63, 3.8) is 0 Å². The van der Waals surface area contributed by atoms with Crippen molar-refractivity contribution in [2.75, 3.05) is 27.2 Å². The third-order valence-electron chi connectivity index (χ3n) is 2.64. The van der Waals surface area contributed by atoms with E-state index in [1.165, 1.54) is 38.8 Å². The van der Waals surface area contributed by atoms with Crippen LogP contribution in [0.25, 0.3) is 0 Å². The lowest BCUT2D eigenvalue weighted by atomic mass is 10.1. The van der Waals surface area contributed by atoms with E-state index in [9.17, 15) is 0 Å². The van der Waals surface area contributed by atoms with Crippen molar-refractivity contribution in [3.05, 3.63) is 0 Å². The van der Waals surface area contributed by atoms with E-state index in [0.29, 0.717) is 0 Å². The van der Waals surface area contributed by atoms with Gasteiger partial charge in [0.2, 0.25) is 0 Å². The fourth-order valence-electron chi connectivity index (χ4n) is 1.86. The summed E-state index contributed by atoms with van der Waals surface area (Å²) in [5, 5.41) is 3.19. The van der Waals surface area contributed by atoms with Crippen LogP contribution in [0.2, 0.25) is 0 Å². The standard InChI is InChI=1S/C9H20N2.C2H6/c1-10-7-3-5-9-6-4-8-11(9)2;1-2/h9-10H,3-8H2,1-2H3;1-2H3. The summed E-state index contributed by atoms with van der Waals surface area (Å²) in [6.07, 6.45) is 5.52. The van der Waals surface area contributed by atoms with Gasteiger partial charge in [-0.05, 0) is 52.9 Å². The molecule has 0 bridgehead atoms. The molecule has 0 aliphatic carbocycles. The summed E-state index contributed by atoms with van der Waals surface area (Å²) in [7, 11) is 4.27. The van der Waals surface area contributed by atoms with E-state index in [-0.39, 0.29) is 0 Å². The lowest BCUT2D eigenvalue weighted by Crippen LogP contribution is -2.25. The Bertz CT molecular complexity index is 104. The van der Waals surface area contributed by atoms with Crippen LogP contribution in [-0.2, 0) is 0 Å². The summed E-state index contributed by atoms with van der Waals surface area (Å²) >= 11 is 0. The molecule has 0 amide bonds. The molecule has 1 atom stereocenters. The van der Waals surface area contributed by atoms with Crippen LogP contribution in [0.3, 0.4) is 0 Å². The fourth-order valence-corrected chi connectivity index (χ4v) is 1.86. The highest BCUT2D eigenvalue weighted by Crippen LogP contribution is 2.18. The summed E-state index contributed by atoms with van der Waals surface area (Å²) in [5.41, 5.74) is 0. The quantitative estimate of drug-likeness (QED) is 0.676. The van der Waals surface area contributed by atoms with Gasteiger partial charge >= 0.3 is 0 Å². The Balaban J connectivity index is 0.000000671. The van der Waals surface area contributed by atoms with Crippen molar-refractivity contribution in [1.29, 1.82) is 0 Å². The van der Waals surface area contributed by atoms with Crippen LogP contribution in [0.1, 0.15) is 39.5 Å². The van der Waals surface area contributed by atoms with Gasteiger partial charge in [0, 0.05) is 6.04 Å². The van der Waals surface area contributed by atoms with Crippen LogP contribution in [0.5, 0.6) is 0 Å². The van der Waals surface area contributed by atoms with Crippen molar-refractivity contribution >= 4 is 0 Å². The fraction of sp³-hybridized carbons (Fsp3) is 1.00. The number of nitrogens with one attached hydrogen (secondary N) is 1. The summed E-state index contributed by atoms with van der Waals surface area (Å²) in [6, 6.07) is 0.878. The number of hydrogen-bond donors (Lipinski definition) is 1. The van der Waals surface area contributed by atoms with Gasteiger partial charge in [-0.15, -0.1) is 0 Å². The van der Waals surface area contributed by atoms with Gasteiger partial charge in [0.25, 0.3) is 0 Å². The first-order chi connectivity index (χ1) is 6.34. The normalized spacial score (nSPS) is 22.6. The molecule has 1 N–H and O–H groups in total. The minimum atomic E-state index is 0.878. The molecule has 80 valence electrons. The Kier molecular flexibility index (Phi) is 8.46. The minimum absolute atomic E-state index is 0.878. The van der Waals surface area contributed by atoms with E-state index in [4.69, 9.17) is 0 Å². The Labute approximate surface area is 83.7 Å². The minimum Gasteiger partial charge on any atom is -0.320 e. The molecule has 0 radical (unpaired) electrons. The van der Waals surface area contributed by atoms with Crippen LogP contribution in [0.4, 0.5) is 0 Å². The Morgan fingerprint density at radius 3 is 2.54 bits per heavy atom. The molecule has 0 aromatic heterocycles. The number of hydrogen-bond acceptors (Lipinski definition) is 2. The van der Waals surface area contributed by atoms with Gasteiger partial charge in [0.15, 0.2) is 0 Å². The highest BCUT2D eigenvalue weighted by molar-refractivity contribution is 4.75. The summed E-state index contributed by atoms with van der Waals surface area (Å²) in [4.78, 5) is 2.50.